The molecule has 72 heavy (non-hydrogen) atoms. The molecule has 15 heteroatoms. The summed E-state index contributed by atoms with van der Waals surface area (Å²) in [6.45, 7) is 18.2. The summed E-state index contributed by atoms with van der Waals surface area (Å²) in [6, 6.07) is 21.6. The normalized spacial score (nSPS) is 14.6. The van der Waals surface area contributed by atoms with E-state index in [9.17, 15) is 38.4 Å². The first-order valence-corrected chi connectivity index (χ1v) is 25.6. The first-order chi connectivity index (χ1) is 33.8. The number of ketones is 4. The van der Waals surface area contributed by atoms with Crippen LogP contribution in [0.15, 0.2) is 78.9 Å². The van der Waals surface area contributed by atoms with E-state index in [4.69, 9.17) is 25.8 Å². The lowest BCUT2D eigenvalue weighted by atomic mass is 9.89. The molecule has 0 saturated heterocycles. The number of carbonyl (C=O) groups excluding carboxylic acids is 8. The number of nitrogens with one attached hydrogen (secondary N) is 3. The van der Waals surface area contributed by atoms with Gasteiger partial charge in [-0.3, -0.25) is 33.6 Å². The number of hydrogen-bond acceptors (Lipinski definition) is 11. The number of amides is 3. The average Bonchev–Trinajstić information content (AvgIpc) is 3.30. The molecule has 3 aromatic rings. The van der Waals surface area contributed by atoms with Crippen molar-refractivity contribution in [1.29, 1.82) is 0 Å². The third-order valence-electron chi connectivity index (χ3n) is 11.9. The van der Waals surface area contributed by atoms with Crippen molar-refractivity contribution in [2.24, 2.45) is 17.8 Å². The van der Waals surface area contributed by atoms with Crippen molar-refractivity contribution in [2.45, 2.75) is 176 Å². The fourth-order valence-corrected chi connectivity index (χ4v) is 8.34. The van der Waals surface area contributed by atoms with Gasteiger partial charge < -0.3 is 30.2 Å². The maximum absolute atomic E-state index is 14.4. The summed E-state index contributed by atoms with van der Waals surface area (Å²) in [5.74, 6) is -6.29. The van der Waals surface area contributed by atoms with Gasteiger partial charge in [-0.25, -0.2) is 4.79 Å². The number of alkyl carbamates (subject to hydrolysis) is 1. The second-order valence-corrected chi connectivity index (χ2v) is 21.3. The van der Waals surface area contributed by atoms with Crippen LogP contribution in [0.4, 0.5) is 4.79 Å². The Balaban J connectivity index is 1.81. The van der Waals surface area contributed by atoms with Crippen LogP contribution < -0.4 is 16.0 Å². The Kier molecular flexibility index (Phi) is 24.5. The molecule has 0 spiro atoms. The maximum atomic E-state index is 14.4. The molecule has 0 aliphatic rings. The van der Waals surface area contributed by atoms with Crippen LogP contribution in [0.5, 0.6) is 0 Å². The molecule has 0 aliphatic carbocycles. The highest BCUT2D eigenvalue weighted by Gasteiger charge is 2.37. The van der Waals surface area contributed by atoms with E-state index in [0.717, 1.165) is 29.5 Å². The Bertz CT molecular complexity index is 2270. The number of carbonyl (C=O) groups is 8. The minimum Gasteiger partial charge on any atom is -0.454 e. The summed E-state index contributed by atoms with van der Waals surface area (Å²) in [5.41, 5.74) is 1.53. The number of esters is 1. The molecule has 0 saturated carbocycles. The summed E-state index contributed by atoms with van der Waals surface area (Å²) >= 11 is 6.07. The first kappa shape index (κ1) is 60.6. The van der Waals surface area contributed by atoms with Gasteiger partial charge >= 0.3 is 12.1 Å². The van der Waals surface area contributed by atoms with Crippen LogP contribution in [0.1, 0.15) is 150 Å². The van der Waals surface area contributed by atoms with Gasteiger partial charge in [0.05, 0.1) is 23.7 Å². The Labute approximate surface area is 431 Å². The number of unbranched alkanes of at least 4 members (excludes halogenated alkanes) is 2. The molecular formula is C57H78ClN3O11. The third kappa shape index (κ3) is 21.9. The molecule has 0 aromatic heterocycles. The molecule has 0 aliphatic heterocycles. The Morgan fingerprint density at radius 2 is 1.28 bits per heavy atom. The van der Waals surface area contributed by atoms with Gasteiger partial charge in [0.2, 0.25) is 11.8 Å². The van der Waals surface area contributed by atoms with Gasteiger partial charge in [0.1, 0.15) is 11.6 Å². The molecule has 3 rings (SSSR count). The smallest absolute Gasteiger partial charge is 0.407 e. The van der Waals surface area contributed by atoms with Crippen molar-refractivity contribution in [3.05, 3.63) is 95.0 Å². The van der Waals surface area contributed by atoms with E-state index < -0.39 is 82.9 Å². The predicted molar refractivity (Wildman–Crippen MR) is 279 cm³/mol. The van der Waals surface area contributed by atoms with Crippen LogP contribution in [0, 0.1) is 17.8 Å². The lowest BCUT2D eigenvalue weighted by Gasteiger charge is -2.32. The molecule has 0 bridgehead atoms. The zero-order chi connectivity index (χ0) is 53.8. The van der Waals surface area contributed by atoms with Gasteiger partial charge in [-0.05, 0) is 96.6 Å². The number of rotatable bonds is 29. The van der Waals surface area contributed by atoms with E-state index in [1.54, 1.807) is 98.7 Å². The average molecular weight is 1020 g/mol. The van der Waals surface area contributed by atoms with E-state index in [2.05, 4.69) is 16.0 Å². The second-order valence-electron chi connectivity index (χ2n) is 20.8. The summed E-state index contributed by atoms with van der Waals surface area (Å²) in [5, 5.41) is 8.85. The van der Waals surface area contributed by atoms with Gasteiger partial charge in [-0.1, -0.05) is 118 Å². The van der Waals surface area contributed by atoms with Crippen molar-refractivity contribution in [2.75, 3.05) is 6.54 Å². The molecule has 1 unspecified atom stereocenters. The number of hydrogen-bond donors (Lipinski definition) is 3. The SMILES string of the molecule is CCCCC[C@H](NC(=O)[C@H](C)CC(=O)[C@@H](NC(=O)[C@H](CNC(=O)OC(C)(C)C)CC(=O)c1ccc(-c2ccc(Cl)cc2)cc1)[C@@H](C)OC(C)(C)C)C(=O)C[C@@H](C)C(OC(C)=O)C(=O)CCCc1ccccc1. The predicted octanol–water partition coefficient (Wildman–Crippen LogP) is 10.2. The molecule has 3 N–H and O–H groups in total. The van der Waals surface area contributed by atoms with Crippen molar-refractivity contribution < 1.29 is 52.6 Å². The number of Topliss-reactive ketones (excluding diaryl/α,β-unsaturated/α-hetero) is 4. The summed E-state index contributed by atoms with van der Waals surface area (Å²) in [6.07, 6.45) is 0.225. The molecule has 7 atom stereocenters. The Hall–Kier alpha value is -5.73. The number of aryl methyl sites for hydroxylation is 1. The maximum Gasteiger partial charge on any atom is 0.407 e. The molecule has 0 radical (unpaired) electrons. The van der Waals surface area contributed by atoms with Crippen LogP contribution in [-0.2, 0) is 49.4 Å². The largest absolute Gasteiger partial charge is 0.454 e. The standard InChI is InChI=1S/C57H78ClN3O11/c1-12-13-15-22-46(49(65)32-36(2)52(70-39(5)62)47(63)23-18-21-40-19-16-14-17-20-40)60-53(67)37(3)33-50(66)51(38(4)71-56(6,7)8)61-54(68)44(35-59-55(69)72-57(9,10)11)34-48(64)43-26-24-41(25-27-43)42-28-30-45(58)31-29-42/h14,16-17,19-20,24-31,36-38,44,46,51-52H,12-13,15,18,21-23,32-35H2,1-11H3,(H,59,69)(H,60,67)(H,61,68)/t36-,37-,38-,44+,46+,51+,52?/m1/s1. The molecule has 14 nitrogen and oxygen atoms in total. The summed E-state index contributed by atoms with van der Waals surface area (Å²) in [7, 11) is 0. The number of ether oxygens (including phenoxy) is 3. The topological polar surface area (TPSA) is 200 Å². The highest BCUT2D eigenvalue weighted by molar-refractivity contribution is 6.30. The van der Waals surface area contributed by atoms with Crippen molar-refractivity contribution in [3.63, 3.8) is 0 Å². The quantitative estimate of drug-likeness (QED) is 0.0340. The van der Waals surface area contributed by atoms with Gasteiger partial charge in [0.25, 0.3) is 0 Å². The molecule has 0 fully saturated rings. The van der Waals surface area contributed by atoms with Crippen LogP contribution in [0.25, 0.3) is 11.1 Å². The zero-order valence-electron chi connectivity index (χ0n) is 44.2. The number of halogens is 1. The van der Waals surface area contributed by atoms with E-state index in [1.165, 1.54) is 6.92 Å². The summed E-state index contributed by atoms with van der Waals surface area (Å²) in [4.78, 5) is 109. The van der Waals surface area contributed by atoms with Crippen molar-refractivity contribution >= 4 is 58.6 Å². The molecular weight excluding hydrogens is 938 g/mol. The van der Waals surface area contributed by atoms with Gasteiger partial charge in [0.15, 0.2) is 29.2 Å². The van der Waals surface area contributed by atoms with Crippen LogP contribution in [0.3, 0.4) is 0 Å². The zero-order valence-corrected chi connectivity index (χ0v) is 44.9. The fraction of sp³-hybridized carbons (Fsp3) is 0.544. The third-order valence-corrected chi connectivity index (χ3v) is 12.1. The van der Waals surface area contributed by atoms with Crippen LogP contribution in [-0.4, -0.2) is 89.0 Å². The lowest BCUT2D eigenvalue weighted by molar-refractivity contribution is -0.156. The monoisotopic (exact) mass is 1020 g/mol. The molecule has 0 heterocycles. The second kappa shape index (κ2) is 29.1. The fourth-order valence-electron chi connectivity index (χ4n) is 8.21. The van der Waals surface area contributed by atoms with E-state index in [-0.39, 0.29) is 49.6 Å². The highest BCUT2D eigenvalue weighted by atomic mass is 35.5. The van der Waals surface area contributed by atoms with Crippen molar-refractivity contribution in [3.8, 4) is 11.1 Å². The van der Waals surface area contributed by atoms with Gasteiger partial charge in [-0.2, -0.15) is 0 Å². The summed E-state index contributed by atoms with van der Waals surface area (Å²) < 4.78 is 17.1. The van der Waals surface area contributed by atoms with E-state index >= 15 is 0 Å². The van der Waals surface area contributed by atoms with Gasteiger partial charge in [-0.15, -0.1) is 0 Å². The van der Waals surface area contributed by atoms with Crippen LogP contribution >= 0.6 is 11.6 Å². The van der Waals surface area contributed by atoms with E-state index in [1.807, 2.05) is 49.4 Å². The minimum absolute atomic E-state index is 0.149. The van der Waals surface area contributed by atoms with Gasteiger partial charge in [0, 0.05) is 61.6 Å². The molecule has 394 valence electrons. The molecule has 3 amide bonds. The van der Waals surface area contributed by atoms with Crippen LogP contribution in [0.2, 0.25) is 5.02 Å². The Morgan fingerprint density at radius 1 is 0.667 bits per heavy atom. The Morgan fingerprint density at radius 3 is 1.85 bits per heavy atom. The van der Waals surface area contributed by atoms with E-state index in [0.29, 0.717) is 36.3 Å². The first-order valence-electron chi connectivity index (χ1n) is 25.2. The molecule has 3 aromatic carbocycles. The number of benzene rings is 3. The minimum atomic E-state index is -1.30. The lowest BCUT2D eigenvalue weighted by Crippen LogP contribution is -2.54. The highest BCUT2D eigenvalue weighted by Crippen LogP contribution is 2.25. The van der Waals surface area contributed by atoms with Crippen molar-refractivity contribution in [1.82, 2.24) is 16.0 Å².